The molecule has 0 bridgehead atoms. The molecule has 0 amide bonds. The molecular weight excluding hydrogens is 319 g/mol. The Morgan fingerprint density at radius 2 is 1.71 bits per heavy atom. The quantitative estimate of drug-likeness (QED) is 0.751. The summed E-state index contributed by atoms with van der Waals surface area (Å²) in [7, 11) is 0. The molecule has 0 aliphatic rings. The van der Waals surface area contributed by atoms with E-state index >= 15 is 0 Å². The number of halogens is 4. The van der Waals surface area contributed by atoms with E-state index in [0.29, 0.717) is 10.0 Å². The van der Waals surface area contributed by atoms with Crippen molar-refractivity contribution in [2.75, 3.05) is 5.32 Å². The van der Waals surface area contributed by atoms with Crippen molar-refractivity contribution in [3.63, 3.8) is 0 Å². The standard InChI is InChI=1S/C15H13Cl2F2NO/c1-9(20-14-7-4-11(16)8-13(14)17)10-2-5-12(6-3-10)21-15(18)19/h2-9,15,20H,1H3. The molecular formula is C15H13Cl2F2NO. The van der Waals surface area contributed by atoms with Crippen LogP contribution < -0.4 is 10.1 Å². The SMILES string of the molecule is CC(Nc1ccc(Cl)cc1Cl)c1ccc(OC(F)F)cc1. The molecule has 0 heterocycles. The van der Waals surface area contributed by atoms with Crippen molar-refractivity contribution in [1.82, 2.24) is 0 Å². The van der Waals surface area contributed by atoms with Crippen LogP contribution in [0.5, 0.6) is 5.75 Å². The van der Waals surface area contributed by atoms with E-state index in [0.717, 1.165) is 11.3 Å². The number of nitrogens with one attached hydrogen (secondary N) is 1. The zero-order valence-electron chi connectivity index (χ0n) is 11.1. The highest BCUT2D eigenvalue weighted by Crippen LogP contribution is 2.29. The van der Waals surface area contributed by atoms with Gasteiger partial charge < -0.3 is 10.1 Å². The van der Waals surface area contributed by atoms with Gasteiger partial charge in [0.15, 0.2) is 0 Å². The Balaban J connectivity index is 2.07. The number of rotatable bonds is 5. The summed E-state index contributed by atoms with van der Waals surface area (Å²) in [5.74, 6) is 0.130. The molecule has 1 unspecified atom stereocenters. The van der Waals surface area contributed by atoms with E-state index < -0.39 is 6.61 Å². The number of hydrogen-bond acceptors (Lipinski definition) is 2. The molecule has 0 spiro atoms. The highest BCUT2D eigenvalue weighted by atomic mass is 35.5. The second-order valence-corrected chi connectivity index (χ2v) is 5.28. The van der Waals surface area contributed by atoms with Gasteiger partial charge in [0, 0.05) is 11.1 Å². The molecule has 0 fully saturated rings. The minimum Gasteiger partial charge on any atom is -0.435 e. The summed E-state index contributed by atoms with van der Waals surface area (Å²) in [4.78, 5) is 0. The van der Waals surface area contributed by atoms with Crippen molar-refractivity contribution in [3.8, 4) is 5.75 Å². The number of ether oxygens (including phenoxy) is 1. The first-order valence-corrected chi connectivity index (χ1v) is 6.97. The normalized spacial score (nSPS) is 12.3. The van der Waals surface area contributed by atoms with Crippen molar-refractivity contribution >= 4 is 28.9 Å². The van der Waals surface area contributed by atoms with Gasteiger partial charge in [-0.25, -0.2) is 0 Å². The predicted molar refractivity (Wildman–Crippen MR) is 81.6 cm³/mol. The fourth-order valence-electron chi connectivity index (χ4n) is 1.86. The highest BCUT2D eigenvalue weighted by molar-refractivity contribution is 6.36. The smallest absolute Gasteiger partial charge is 0.387 e. The van der Waals surface area contributed by atoms with E-state index in [4.69, 9.17) is 23.2 Å². The summed E-state index contributed by atoms with van der Waals surface area (Å²) in [6.45, 7) is -0.882. The lowest BCUT2D eigenvalue weighted by atomic mass is 10.1. The monoisotopic (exact) mass is 331 g/mol. The first-order valence-electron chi connectivity index (χ1n) is 6.22. The first kappa shape index (κ1) is 15.9. The van der Waals surface area contributed by atoms with E-state index in [-0.39, 0.29) is 11.8 Å². The van der Waals surface area contributed by atoms with E-state index in [1.165, 1.54) is 12.1 Å². The van der Waals surface area contributed by atoms with Gasteiger partial charge in [-0.05, 0) is 42.8 Å². The fourth-order valence-corrected chi connectivity index (χ4v) is 2.32. The van der Waals surface area contributed by atoms with Gasteiger partial charge in [-0.1, -0.05) is 35.3 Å². The van der Waals surface area contributed by atoms with Crippen LogP contribution in [0.25, 0.3) is 0 Å². The topological polar surface area (TPSA) is 21.3 Å². The molecule has 2 rings (SSSR count). The summed E-state index contributed by atoms with van der Waals surface area (Å²) in [5.41, 5.74) is 1.67. The fraction of sp³-hybridized carbons (Fsp3) is 0.200. The Hall–Kier alpha value is -1.52. The second kappa shape index (κ2) is 6.96. The average molecular weight is 332 g/mol. The van der Waals surface area contributed by atoms with Crippen molar-refractivity contribution in [1.29, 1.82) is 0 Å². The van der Waals surface area contributed by atoms with Crippen LogP contribution in [0, 0.1) is 0 Å². The van der Waals surface area contributed by atoms with Gasteiger partial charge >= 0.3 is 6.61 Å². The molecule has 2 aromatic carbocycles. The molecule has 0 saturated carbocycles. The zero-order valence-corrected chi connectivity index (χ0v) is 12.6. The largest absolute Gasteiger partial charge is 0.435 e. The van der Waals surface area contributed by atoms with Gasteiger partial charge in [0.05, 0.1) is 10.7 Å². The number of anilines is 1. The number of alkyl halides is 2. The lowest BCUT2D eigenvalue weighted by Crippen LogP contribution is -2.07. The summed E-state index contributed by atoms with van der Waals surface area (Å²) < 4.78 is 28.5. The molecule has 2 aromatic rings. The third-order valence-corrected chi connectivity index (χ3v) is 3.46. The van der Waals surface area contributed by atoms with Crippen LogP contribution in [0.4, 0.5) is 14.5 Å². The van der Waals surface area contributed by atoms with Crippen molar-refractivity contribution < 1.29 is 13.5 Å². The average Bonchev–Trinajstić information content (AvgIpc) is 2.42. The van der Waals surface area contributed by atoms with Crippen molar-refractivity contribution in [3.05, 3.63) is 58.1 Å². The third kappa shape index (κ3) is 4.48. The maximum Gasteiger partial charge on any atom is 0.387 e. The maximum atomic E-state index is 12.1. The summed E-state index contributed by atoms with van der Waals surface area (Å²) in [6.07, 6.45) is 0. The minimum absolute atomic E-state index is 0.0516. The zero-order chi connectivity index (χ0) is 15.4. The molecule has 21 heavy (non-hydrogen) atoms. The summed E-state index contributed by atoms with van der Waals surface area (Å²) in [5, 5.41) is 4.32. The molecule has 1 atom stereocenters. The molecule has 0 aromatic heterocycles. The van der Waals surface area contributed by atoms with Gasteiger partial charge in [-0.3, -0.25) is 0 Å². The second-order valence-electron chi connectivity index (χ2n) is 4.44. The lowest BCUT2D eigenvalue weighted by molar-refractivity contribution is -0.0498. The number of hydrogen-bond donors (Lipinski definition) is 1. The molecule has 2 nitrogen and oxygen atoms in total. The van der Waals surface area contributed by atoms with Gasteiger partial charge in [-0.2, -0.15) is 8.78 Å². The van der Waals surface area contributed by atoms with E-state index in [9.17, 15) is 8.78 Å². The van der Waals surface area contributed by atoms with Crippen molar-refractivity contribution in [2.24, 2.45) is 0 Å². The van der Waals surface area contributed by atoms with Gasteiger partial charge in [0.25, 0.3) is 0 Å². The molecule has 112 valence electrons. The van der Waals surface area contributed by atoms with Crippen LogP contribution in [0.1, 0.15) is 18.5 Å². The summed E-state index contributed by atoms with van der Waals surface area (Å²) in [6, 6.07) is 11.6. The highest BCUT2D eigenvalue weighted by Gasteiger charge is 2.09. The van der Waals surface area contributed by atoms with Gasteiger partial charge in [0.1, 0.15) is 5.75 Å². The summed E-state index contributed by atoms with van der Waals surface area (Å²) >= 11 is 11.9. The van der Waals surface area contributed by atoms with Crippen LogP contribution >= 0.6 is 23.2 Å². The van der Waals surface area contributed by atoms with Gasteiger partial charge in [-0.15, -0.1) is 0 Å². The van der Waals surface area contributed by atoms with Crippen LogP contribution in [-0.2, 0) is 0 Å². The Labute approximate surface area is 131 Å². The van der Waals surface area contributed by atoms with E-state index in [2.05, 4.69) is 10.1 Å². The molecule has 0 radical (unpaired) electrons. The Morgan fingerprint density at radius 1 is 1.05 bits per heavy atom. The van der Waals surface area contributed by atoms with Crippen LogP contribution in [0.3, 0.4) is 0 Å². The van der Waals surface area contributed by atoms with Gasteiger partial charge in [0.2, 0.25) is 0 Å². The van der Waals surface area contributed by atoms with Crippen molar-refractivity contribution in [2.45, 2.75) is 19.6 Å². The minimum atomic E-state index is -2.82. The van der Waals surface area contributed by atoms with E-state index in [1.807, 2.05) is 6.92 Å². The molecule has 1 N–H and O–H groups in total. The van der Waals surface area contributed by atoms with Crippen LogP contribution in [0.2, 0.25) is 10.0 Å². The molecule has 0 aliphatic carbocycles. The molecule has 0 aliphatic heterocycles. The Kier molecular flexibility index (Phi) is 5.26. The first-order chi connectivity index (χ1) is 9.95. The maximum absolute atomic E-state index is 12.1. The van der Waals surface area contributed by atoms with Crippen LogP contribution in [0.15, 0.2) is 42.5 Å². The van der Waals surface area contributed by atoms with Crippen LogP contribution in [-0.4, -0.2) is 6.61 Å². The number of benzene rings is 2. The molecule has 0 saturated heterocycles. The Bertz CT molecular complexity index is 605. The third-order valence-electron chi connectivity index (χ3n) is 2.91. The predicted octanol–water partition coefficient (Wildman–Crippen LogP) is 5.77. The van der Waals surface area contributed by atoms with E-state index in [1.54, 1.807) is 30.3 Å². The molecule has 6 heteroatoms. The Morgan fingerprint density at radius 3 is 2.29 bits per heavy atom. The lowest BCUT2D eigenvalue weighted by Gasteiger charge is -2.17.